The van der Waals surface area contributed by atoms with E-state index < -0.39 is 0 Å². The number of anilines is 1. The summed E-state index contributed by atoms with van der Waals surface area (Å²) >= 11 is 10.9. The minimum atomic E-state index is -0.210. The van der Waals surface area contributed by atoms with Gasteiger partial charge < -0.3 is 5.73 Å². The van der Waals surface area contributed by atoms with Gasteiger partial charge in [-0.3, -0.25) is 9.67 Å². The molecule has 0 fully saturated rings. The number of aryl methyl sites for hydroxylation is 2. The van der Waals surface area contributed by atoms with E-state index in [-0.39, 0.29) is 5.25 Å². The van der Waals surface area contributed by atoms with Gasteiger partial charge in [0, 0.05) is 23.8 Å². The van der Waals surface area contributed by atoms with E-state index in [1.54, 1.807) is 10.9 Å². The Morgan fingerprint density at radius 3 is 2.70 bits per heavy atom. The fraction of sp³-hybridized carbons (Fsp3) is 0.176. The molecule has 6 heteroatoms. The quantitative estimate of drug-likeness (QED) is 0.705. The fourth-order valence-electron chi connectivity index (χ4n) is 2.62. The molecular formula is C17H17ClN4S. The Hall–Kier alpha value is -1.98. The largest absolute Gasteiger partial charge is 0.384 e. The molecule has 3 aromatic rings. The summed E-state index contributed by atoms with van der Waals surface area (Å²) < 4.78 is 1.66. The standard InChI is InChI=1S/C17H17ClN4S/c1-10-9-11(18)6-7-12(10)16(23)14-15(21-22(2)17(14)19)13-5-3-4-8-20-13/h3-9,16,23H,19H2,1-2H3. The first-order chi connectivity index (χ1) is 11.0. The summed E-state index contributed by atoms with van der Waals surface area (Å²) in [4.78, 5) is 4.39. The zero-order valence-corrected chi connectivity index (χ0v) is 14.5. The van der Waals surface area contributed by atoms with Crippen LogP contribution >= 0.6 is 24.2 Å². The Kier molecular flexibility index (Phi) is 4.33. The number of hydrogen-bond acceptors (Lipinski definition) is 4. The molecule has 0 radical (unpaired) electrons. The van der Waals surface area contributed by atoms with E-state index >= 15 is 0 Å². The van der Waals surface area contributed by atoms with Gasteiger partial charge in [-0.1, -0.05) is 23.7 Å². The zero-order valence-electron chi connectivity index (χ0n) is 12.9. The first-order valence-electron chi connectivity index (χ1n) is 7.17. The number of nitrogens with two attached hydrogens (primary N) is 1. The van der Waals surface area contributed by atoms with Crippen LogP contribution in [0.2, 0.25) is 5.02 Å². The van der Waals surface area contributed by atoms with Crippen LogP contribution in [0.15, 0.2) is 42.6 Å². The normalized spacial score (nSPS) is 12.3. The average molecular weight is 345 g/mol. The number of aromatic nitrogens is 3. The van der Waals surface area contributed by atoms with Crippen molar-refractivity contribution in [1.29, 1.82) is 0 Å². The zero-order chi connectivity index (χ0) is 16.6. The van der Waals surface area contributed by atoms with E-state index in [4.69, 9.17) is 30.0 Å². The first-order valence-corrected chi connectivity index (χ1v) is 8.06. The van der Waals surface area contributed by atoms with E-state index in [2.05, 4.69) is 10.1 Å². The molecule has 0 aliphatic heterocycles. The van der Waals surface area contributed by atoms with E-state index in [0.717, 1.165) is 28.1 Å². The third-order valence-corrected chi connectivity index (χ3v) is 4.61. The highest BCUT2D eigenvalue weighted by molar-refractivity contribution is 7.80. The van der Waals surface area contributed by atoms with Crippen LogP contribution in [0.4, 0.5) is 5.82 Å². The van der Waals surface area contributed by atoms with Gasteiger partial charge in [-0.2, -0.15) is 17.7 Å². The van der Waals surface area contributed by atoms with Gasteiger partial charge in [-0.05, 0) is 42.3 Å². The minimum Gasteiger partial charge on any atom is -0.384 e. The molecule has 23 heavy (non-hydrogen) atoms. The number of nitrogens with zero attached hydrogens (tertiary/aromatic N) is 3. The average Bonchev–Trinajstić information content (AvgIpc) is 2.83. The van der Waals surface area contributed by atoms with Crippen molar-refractivity contribution in [1.82, 2.24) is 14.8 Å². The van der Waals surface area contributed by atoms with Crippen molar-refractivity contribution in [2.75, 3.05) is 5.73 Å². The van der Waals surface area contributed by atoms with Crippen molar-refractivity contribution in [3.8, 4) is 11.4 Å². The third-order valence-electron chi connectivity index (χ3n) is 3.84. The molecule has 0 spiro atoms. The molecular weight excluding hydrogens is 328 g/mol. The van der Waals surface area contributed by atoms with Crippen LogP contribution < -0.4 is 5.73 Å². The van der Waals surface area contributed by atoms with E-state index in [9.17, 15) is 0 Å². The van der Waals surface area contributed by atoms with E-state index in [0.29, 0.717) is 10.8 Å². The molecule has 2 N–H and O–H groups in total. The van der Waals surface area contributed by atoms with Gasteiger partial charge in [0.05, 0.1) is 10.9 Å². The summed E-state index contributed by atoms with van der Waals surface area (Å²) in [5, 5.41) is 5.02. The van der Waals surface area contributed by atoms with Gasteiger partial charge in [-0.25, -0.2) is 0 Å². The summed E-state index contributed by atoms with van der Waals surface area (Å²) in [7, 11) is 1.82. The third kappa shape index (κ3) is 2.94. The molecule has 118 valence electrons. The van der Waals surface area contributed by atoms with E-state index in [1.165, 1.54) is 0 Å². The van der Waals surface area contributed by atoms with Crippen molar-refractivity contribution in [3.63, 3.8) is 0 Å². The molecule has 0 saturated carbocycles. The first kappa shape index (κ1) is 15.9. The molecule has 2 aromatic heterocycles. The number of nitrogen functional groups attached to an aromatic ring is 1. The van der Waals surface area contributed by atoms with Gasteiger partial charge in [0.15, 0.2) is 0 Å². The highest BCUT2D eigenvalue weighted by Crippen LogP contribution is 2.39. The smallest absolute Gasteiger partial charge is 0.126 e. The van der Waals surface area contributed by atoms with Crippen molar-refractivity contribution in [2.45, 2.75) is 12.2 Å². The van der Waals surface area contributed by atoms with Crippen LogP contribution in [0.25, 0.3) is 11.4 Å². The molecule has 0 amide bonds. The molecule has 0 aliphatic carbocycles. The molecule has 2 heterocycles. The maximum absolute atomic E-state index is 6.26. The lowest BCUT2D eigenvalue weighted by molar-refractivity contribution is 0.781. The summed E-state index contributed by atoms with van der Waals surface area (Å²) in [6.45, 7) is 2.01. The number of halogens is 1. The lowest BCUT2D eigenvalue weighted by Gasteiger charge is -2.15. The predicted octanol–water partition coefficient (Wildman–Crippen LogP) is 4.05. The molecule has 1 atom stereocenters. The maximum atomic E-state index is 6.26. The van der Waals surface area contributed by atoms with Crippen LogP contribution in [-0.2, 0) is 7.05 Å². The second-order valence-corrected chi connectivity index (χ2v) is 6.34. The molecule has 0 aliphatic rings. The fourth-order valence-corrected chi connectivity index (χ4v) is 3.39. The summed E-state index contributed by atoms with van der Waals surface area (Å²) in [6, 6.07) is 11.5. The topological polar surface area (TPSA) is 56.7 Å². The van der Waals surface area contributed by atoms with Crippen LogP contribution in [0.3, 0.4) is 0 Å². The molecule has 4 nitrogen and oxygen atoms in total. The minimum absolute atomic E-state index is 0.210. The maximum Gasteiger partial charge on any atom is 0.126 e. The summed E-state index contributed by atoms with van der Waals surface area (Å²) in [5.41, 5.74) is 10.8. The molecule has 1 unspecified atom stereocenters. The predicted molar refractivity (Wildman–Crippen MR) is 97.9 cm³/mol. The van der Waals surface area contributed by atoms with Crippen molar-refractivity contribution in [3.05, 3.63) is 64.3 Å². The highest BCUT2D eigenvalue weighted by Gasteiger charge is 2.24. The number of hydrogen-bond donors (Lipinski definition) is 2. The molecule has 1 aromatic carbocycles. The van der Waals surface area contributed by atoms with Crippen LogP contribution in [0.5, 0.6) is 0 Å². The second kappa shape index (κ2) is 6.26. The van der Waals surface area contributed by atoms with Crippen LogP contribution in [0, 0.1) is 6.92 Å². The van der Waals surface area contributed by atoms with Crippen molar-refractivity contribution < 1.29 is 0 Å². The summed E-state index contributed by atoms with van der Waals surface area (Å²) in [6.07, 6.45) is 1.74. The Balaban J connectivity index is 2.16. The van der Waals surface area contributed by atoms with Crippen LogP contribution in [0.1, 0.15) is 21.9 Å². The van der Waals surface area contributed by atoms with Gasteiger partial charge in [0.1, 0.15) is 11.5 Å². The van der Waals surface area contributed by atoms with Crippen molar-refractivity contribution in [2.24, 2.45) is 7.05 Å². The van der Waals surface area contributed by atoms with Gasteiger partial charge >= 0.3 is 0 Å². The number of rotatable bonds is 3. The molecule has 0 saturated heterocycles. The SMILES string of the molecule is Cc1cc(Cl)ccc1C(S)c1c(-c2ccccn2)nn(C)c1N. The van der Waals surface area contributed by atoms with Crippen LogP contribution in [-0.4, -0.2) is 14.8 Å². The van der Waals surface area contributed by atoms with E-state index in [1.807, 2.05) is 50.4 Å². The Morgan fingerprint density at radius 2 is 2.04 bits per heavy atom. The molecule has 0 bridgehead atoms. The second-order valence-electron chi connectivity index (χ2n) is 5.39. The van der Waals surface area contributed by atoms with Gasteiger partial charge in [-0.15, -0.1) is 0 Å². The number of thiol groups is 1. The molecule has 3 rings (SSSR count). The number of benzene rings is 1. The number of pyridine rings is 1. The lowest BCUT2D eigenvalue weighted by atomic mass is 9.98. The lowest BCUT2D eigenvalue weighted by Crippen LogP contribution is -2.03. The Morgan fingerprint density at radius 1 is 1.26 bits per heavy atom. The van der Waals surface area contributed by atoms with Crippen molar-refractivity contribution >= 4 is 30.0 Å². The Labute approximate surface area is 145 Å². The van der Waals surface area contributed by atoms with Gasteiger partial charge in [0.25, 0.3) is 0 Å². The summed E-state index contributed by atoms with van der Waals surface area (Å²) in [5.74, 6) is 0.583. The Bertz CT molecular complexity index is 845. The highest BCUT2D eigenvalue weighted by atomic mass is 35.5. The monoisotopic (exact) mass is 344 g/mol. The van der Waals surface area contributed by atoms with Gasteiger partial charge in [0.2, 0.25) is 0 Å².